The second-order valence-electron chi connectivity index (χ2n) is 6.84. The number of thiophene rings is 1. The lowest BCUT2D eigenvalue weighted by Gasteiger charge is -2.15. The van der Waals surface area contributed by atoms with E-state index >= 15 is 0 Å². The van der Waals surface area contributed by atoms with E-state index in [0.717, 1.165) is 22.9 Å². The van der Waals surface area contributed by atoms with Gasteiger partial charge in [-0.2, -0.15) is 21.4 Å². The summed E-state index contributed by atoms with van der Waals surface area (Å²) < 4.78 is 28.9. The van der Waals surface area contributed by atoms with Crippen LogP contribution < -0.4 is 0 Å². The molecule has 0 radical (unpaired) electrons. The first kappa shape index (κ1) is 19.3. The zero-order valence-corrected chi connectivity index (χ0v) is 17.6. The van der Waals surface area contributed by atoms with Gasteiger partial charge in [0, 0.05) is 34.8 Å². The zero-order valence-electron chi connectivity index (χ0n) is 16.0. The first-order valence-corrected chi connectivity index (χ1v) is 11.1. The number of aryl methyl sites for hydroxylation is 2. The number of aliphatic imine (C=N–C) groups is 2. The van der Waals surface area contributed by atoms with Crippen LogP contribution in [0.15, 0.2) is 44.1 Å². The molecule has 2 aliphatic rings. The van der Waals surface area contributed by atoms with Gasteiger partial charge in [0.2, 0.25) is 0 Å². The highest BCUT2D eigenvalue weighted by molar-refractivity contribution is 8.02. The van der Waals surface area contributed by atoms with Crippen molar-refractivity contribution in [3.63, 3.8) is 0 Å². The Bertz CT molecular complexity index is 1230. The normalized spacial score (nSPS) is 17.8. The number of rotatable bonds is 4. The molecule has 30 heavy (non-hydrogen) atoms. The van der Waals surface area contributed by atoms with Crippen LogP contribution in [0.2, 0.25) is 0 Å². The Morgan fingerprint density at radius 2 is 2.10 bits per heavy atom. The highest BCUT2D eigenvalue weighted by atomic mass is 32.2. The molecule has 152 valence electrons. The van der Waals surface area contributed by atoms with E-state index in [0.29, 0.717) is 39.9 Å². The maximum Gasteiger partial charge on any atom is 0.280 e. The third-order valence-electron chi connectivity index (χ3n) is 4.97. The van der Waals surface area contributed by atoms with E-state index in [9.17, 15) is 13.6 Å². The fourth-order valence-corrected chi connectivity index (χ4v) is 5.33. The molecule has 0 spiro atoms. The molecule has 3 aromatic rings. The quantitative estimate of drug-likeness (QED) is 0.594. The van der Waals surface area contributed by atoms with Crippen molar-refractivity contribution in [2.75, 3.05) is 0 Å². The maximum atomic E-state index is 13.6. The highest BCUT2D eigenvalue weighted by Crippen LogP contribution is 2.45. The number of alkyl halides is 2. The molecule has 1 amide bonds. The number of pyridine rings is 1. The van der Waals surface area contributed by atoms with Gasteiger partial charge in [-0.3, -0.25) is 9.48 Å². The van der Waals surface area contributed by atoms with Gasteiger partial charge in [0.1, 0.15) is 16.0 Å². The van der Waals surface area contributed by atoms with Gasteiger partial charge in [-0.15, -0.1) is 0 Å². The Labute approximate surface area is 178 Å². The van der Waals surface area contributed by atoms with Gasteiger partial charge in [-0.25, -0.2) is 18.8 Å². The van der Waals surface area contributed by atoms with Gasteiger partial charge >= 0.3 is 0 Å². The number of hydrogen-bond acceptors (Lipinski definition) is 6. The Morgan fingerprint density at radius 1 is 1.27 bits per heavy atom. The number of hydrogen-bond donors (Lipinski definition) is 0. The summed E-state index contributed by atoms with van der Waals surface area (Å²) in [6.07, 6.45) is -0.897. The maximum absolute atomic E-state index is 13.6. The largest absolute Gasteiger partial charge is 0.280 e. The summed E-state index contributed by atoms with van der Waals surface area (Å²) in [5, 5.41) is 7.91. The summed E-state index contributed by atoms with van der Waals surface area (Å²) in [5.74, 6) is -0.0134. The molecule has 3 aromatic heterocycles. The van der Waals surface area contributed by atoms with Crippen LogP contribution in [0.5, 0.6) is 0 Å². The first-order chi connectivity index (χ1) is 14.5. The number of carbonyl (C=O) groups is 1. The second kappa shape index (κ2) is 7.21. The average molecular weight is 444 g/mol. The topological polar surface area (TPSA) is 72.5 Å². The van der Waals surface area contributed by atoms with Crippen molar-refractivity contribution in [2.24, 2.45) is 9.98 Å². The van der Waals surface area contributed by atoms with Gasteiger partial charge in [0.15, 0.2) is 5.84 Å². The van der Waals surface area contributed by atoms with Gasteiger partial charge in [-0.05, 0) is 36.9 Å². The fourth-order valence-electron chi connectivity index (χ4n) is 3.55. The highest BCUT2D eigenvalue weighted by Gasteiger charge is 2.41. The number of aromatic nitrogens is 3. The van der Waals surface area contributed by atoms with Crippen LogP contribution >= 0.6 is 23.1 Å². The molecule has 0 aromatic carbocycles. The number of nitrogens with zero attached hydrogens (tertiary/aromatic N) is 5. The molecule has 10 heteroatoms. The monoisotopic (exact) mass is 443 g/mol. The van der Waals surface area contributed by atoms with Gasteiger partial charge in [0.05, 0.1) is 11.4 Å². The Kier molecular flexibility index (Phi) is 4.62. The van der Waals surface area contributed by atoms with E-state index in [2.05, 4.69) is 20.1 Å². The molecule has 0 fully saturated rings. The zero-order chi connectivity index (χ0) is 21.0. The van der Waals surface area contributed by atoms with E-state index in [1.807, 2.05) is 36.9 Å². The van der Waals surface area contributed by atoms with E-state index in [4.69, 9.17) is 0 Å². The van der Waals surface area contributed by atoms with E-state index in [1.54, 1.807) is 4.68 Å². The van der Waals surface area contributed by atoms with Crippen molar-refractivity contribution < 1.29 is 13.6 Å². The third-order valence-corrected chi connectivity index (χ3v) is 6.83. The van der Waals surface area contributed by atoms with Gasteiger partial charge < -0.3 is 0 Å². The number of fused-ring (bicyclic) bond motifs is 3. The second-order valence-corrected chi connectivity index (χ2v) is 8.71. The molecule has 0 saturated heterocycles. The summed E-state index contributed by atoms with van der Waals surface area (Å²) in [7, 11) is 0. The summed E-state index contributed by atoms with van der Waals surface area (Å²) in [6.45, 7) is 4.45. The lowest BCUT2D eigenvalue weighted by atomic mass is 9.96. The molecule has 2 aliphatic heterocycles. The third kappa shape index (κ3) is 3.02. The van der Waals surface area contributed by atoms with E-state index in [-0.39, 0.29) is 11.6 Å². The average Bonchev–Trinajstić information content (AvgIpc) is 3.45. The minimum atomic E-state index is -2.73. The van der Waals surface area contributed by atoms with Crippen molar-refractivity contribution in [3.8, 4) is 11.1 Å². The summed E-state index contributed by atoms with van der Waals surface area (Å²) >= 11 is 2.61. The summed E-state index contributed by atoms with van der Waals surface area (Å²) in [5.41, 5.74) is 3.58. The predicted molar refractivity (Wildman–Crippen MR) is 113 cm³/mol. The molecule has 0 aliphatic carbocycles. The van der Waals surface area contributed by atoms with Crippen molar-refractivity contribution in [1.82, 2.24) is 14.8 Å². The fraction of sp³-hybridized carbons (Fsp3) is 0.250. The molecule has 6 nitrogen and oxygen atoms in total. The Hall–Kier alpha value is -2.72. The van der Waals surface area contributed by atoms with E-state index < -0.39 is 11.7 Å². The van der Waals surface area contributed by atoms with Crippen molar-refractivity contribution in [2.45, 2.75) is 37.1 Å². The molecule has 1 unspecified atom stereocenters. The summed E-state index contributed by atoms with van der Waals surface area (Å²) in [4.78, 5) is 25.7. The molecule has 0 N–H and O–H groups in total. The molecule has 0 saturated carbocycles. The standard InChI is InChI=1S/C20H15F2N5OS2/c1-3-27-7-12(9(2)26-27)11-6-13(17(21)22)23-20-14(11)15-16(30-20)19(28)25-18(24-15)10-4-5-29-8-10/h4-8,16-17H,3H2,1-2H3. The molecule has 1 atom stereocenters. The molecular formula is C20H15F2N5OS2. The lowest BCUT2D eigenvalue weighted by molar-refractivity contribution is -0.116. The van der Waals surface area contributed by atoms with Crippen LogP contribution in [0.1, 0.15) is 35.9 Å². The van der Waals surface area contributed by atoms with Crippen LogP contribution in [0, 0.1) is 6.92 Å². The van der Waals surface area contributed by atoms with Crippen molar-refractivity contribution in [1.29, 1.82) is 0 Å². The van der Waals surface area contributed by atoms with Crippen LogP contribution in [0.25, 0.3) is 11.1 Å². The molecule has 5 rings (SSSR count). The smallest absolute Gasteiger partial charge is 0.272 e. The first-order valence-electron chi connectivity index (χ1n) is 9.24. The number of amidine groups is 1. The van der Waals surface area contributed by atoms with E-state index in [1.165, 1.54) is 17.4 Å². The van der Waals surface area contributed by atoms with Crippen molar-refractivity contribution in [3.05, 3.63) is 51.6 Å². The number of carbonyl (C=O) groups excluding carboxylic acids is 1. The summed E-state index contributed by atoms with van der Waals surface area (Å²) in [6, 6.07) is 3.23. The van der Waals surface area contributed by atoms with Crippen LogP contribution in [0.3, 0.4) is 0 Å². The number of thioether (sulfide) groups is 1. The minimum Gasteiger partial charge on any atom is -0.272 e. The molecule has 0 bridgehead atoms. The number of halogens is 2. The number of amides is 1. The van der Waals surface area contributed by atoms with Crippen molar-refractivity contribution >= 4 is 40.6 Å². The Morgan fingerprint density at radius 3 is 2.77 bits per heavy atom. The lowest BCUT2D eigenvalue weighted by Crippen LogP contribution is -2.29. The van der Waals surface area contributed by atoms with Crippen LogP contribution in [-0.2, 0) is 11.3 Å². The van der Waals surface area contributed by atoms with Gasteiger partial charge in [-0.1, -0.05) is 11.8 Å². The predicted octanol–water partition coefficient (Wildman–Crippen LogP) is 4.52. The van der Waals surface area contributed by atoms with Crippen LogP contribution in [-0.4, -0.2) is 37.5 Å². The minimum absolute atomic E-state index is 0.328. The SMILES string of the molecule is CCn1cc(-c2cc(C(F)F)nc3c2C2=NC(c4ccsc4)=NC(=O)C2S3)c(C)n1. The molecular weight excluding hydrogens is 428 g/mol. The van der Waals surface area contributed by atoms with Gasteiger partial charge in [0.25, 0.3) is 12.3 Å². The Balaban J connectivity index is 1.74. The van der Waals surface area contributed by atoms with Crippen LogP contribution in [0.4, 0.5) is 8.78 Å². The molecule has 5 heterocycles.